The van der Waals surface area contributed by atoms with Gasteiger partial charge in [0, 0.05) is 0 Å². The van der Waals surface area contributed by atoms with Gasteiger partial charge in [-0.25, -0.2) is 0 Å². The molecule has 0 aliphatic rings. The summed E-state index contributed by atoms with van der Waals surface area (Å²) in [7, 11) is 0. The minimum absolute atomic E-state index is 0.473. The van der Waals surface area contributed by atoms with Gasteiger partial charge in [0.25, 0.3) is 0 Å². The maximum absolute atomic E-state index is 3.70. The monoisotopic (exact) mass is 197 g/mol. The molecule has 1 nitrogen and oxygen atoms in total. The van der Waals surface area contributed by atoms with Crippen LogP contribution in [0, 0.1) is 11.3 Å². The molecule has 0 aromatic heterocycles. The zero-order chi connectivity index (χ0) is 11.0. The van der Waals surface area contributed by atoms with Crippen LogP contribution in [0.3, 0.4) is 0 Å². The Morgan fingerprint density at radius 3 is 2.43 bits per heavy atom. The molecule has 0 saturated carbocycles. The summed E-state index contributed by atoms with van der Waals surface area (Å²) in [5.74, 6) is 0.825. The third-order valence-corrected chi connectivity index (χ3v) is 2.30. The van der Waals surface area contributed by atoms with Crippen LogP contribution in [0.25, 0.3) is 0 Å². The van der Waals surface area contributed by atoms with Crippen molar-refractivity contribution in [1.29, 1.82) is 0 Å². The van der Waals surface area contributed by atoms with Gasteiger partial charge in [0.05, 0.1) is 0 Å². The van der Waals surface area contributed by atoms with Crippen molar-refractivity contribution in [2.75, 3.05) is 13.1 Å². The van der Waals surface area contributed by atoms with Crippen molar-refractivity contribution in [3.8, 4) is 0 Å². The van der Waals surface area contributed by atoms with Crippen molar-refractivity contribution >= 4 is 0 Å². The fourth-order valence-corrected chi connectivity index (χ4v) is 1.83. The number of hydrogen-bond donors (Lipinski definition) is 1. The Morgan fingerprint density at radius 1 is 1.29 bits per heavy atom. The van der Waals surface area contributed by atoms with Gasteiger partial charge in [-0.05, 0) is 43.7 Å². The summed E-state index contributed by atoms with van der Waals surface area (Å²) < 4.78 is 0. The Bertz CT molecular complexity index is 144. The number of rotatable bonds is 7. The van der Waals surface area contributed by atoms with Gasteiger partial charge in [-0.1, -0.05) is 33.8 Å². The summed E-state index contributed by atoms with van der Waals surface area (Å²) in [6.07, 6.45) is 5.64. The van der Waals surface area contributed by atoms with E-state index in [9.17, 15) is 0 Å². The van der Waals surface area contributed by atoms with E-state index in [1.165, 1.54) is 12.8 Å². The standard InChI is InChI=1S/C13H27N/c1-6-7-9-14-10-8-12(2)11-13(3,4)5/h6,12,14H,1,7-11H2,2-5H3. The fraction of sp³-hybridized carbons (Fsp3) is 0.846. The molecule has 0 aromatic rings. The Morgan fingerprint density at radius 2 is 1.93 bits per heavy atom. The van der Waals surface area contributed by atoms with Crippen LogP contribution in [0.15, 0.2) is 12.7 Å². The zero-order valence-electron chi connectivity index (χ0n) is 10.4. The van der Waals surface area contributed by atoms with E-state index in [2.05, 4.69) is 39.6 Å². The van der Waals surface area contributed by atoms with E-state index in [1.54, 1.807) is 0 Å². The first-order valence-corrected chi connectivity index (χ1v) is 5.77. The molecule has 0 bridgehead atoms. The Kier molecular flexibility index (Phi) is 6.90. The lowest BCUT2D eigenvalue weighted by molar-refractivity contribution is 0.295. The molecular formula is C13H27N. The molecule has 0 spiro atoms. The molecule has 1 unspecified atom stereocenters. The fourth-order valence-electron chi connectivity index (χ4n) is 1.83. The second kappa shape index (κ2) is 7.05. The molecule has 14 heavy (non-hydrogen) atoms. The smallest absolute Gasteiger partial charge is 0.00144 e. The Balaban J connectivity index is 3.35. The van der Waals surface area contributed by atoms with Crippen molar-refractivity contribution in [1.82, 2.24) is 5.32 Å². The third kappa shape index (κ3) is 9.79. The highest BCUT2D eigenvalue weighted by atomic mass is 14.8. The summed E-state index contributed by atoms with van der Waals surface area (Å²) in [4.78, 5) is 0. The zero-order valence-corrected chi connectivity index (χ0v) is 10.4. The van der Waals surface area contributed by atoms with E-state index in [4.69, 9.17) is 0 Å². The minimum Gasteiger partial charge on any atom is -0.316 e. The van der Waals surface area contributed by atoms with E-state index in [1.807, 2.05) is 6.08 Å². The maximum atomic E-state index is 3.70. The first kappa shape index (κ1) is 13.7. The molecule has 0 heterocycles. The summed E-state index contributed by atoms with van der Waals surface area (Å²) >= 11 is 0. The highest BCUT2D eigenvalue weighted by Gasteiger charge is 2.14. The SMILES string of the molecule is C=CCCNCCC(C)CC(C)(C)C. The van der Waals surface area contributed by atoms with Crippen LogP contribution in [-0.4, -0.2) is 13.1 Å². The first-order chi connectivity index (χ1) is 6.45. The molecule has 0 fully saturated rings. The molecule has 0 radical (unpaired) electrons. The largest absolute Gasteiger partial charge is 0.316 e. The van der Waals surface area contributed by atoms with Gasteiger partial charge >= 0.3 is 0 Å². The molecule has 84 valence electrons. The third-order valence-electron chi connectivity index (χ3n) is 2.30. The highest BCUT2D eigenvalue weighted by Crippen LogP contribution is 2.25. The normalized spacial score (nSPS) is 14.0. The molecule has 1 atom stereocenters. The Hall–Kier alpha value is -0.300. The summed E-state index contributed by atoms with van der Waals surface area (Å²) in [6.45, 7) is 15.2. The van der Waals surface area contributed by atoms with Crippen molar-refractivity contribution < 1.29 is 0 Å². The van der Waals surface area contributed by atoms with Gasteiger partial charge in [-0.15, -0.1) is 6.58 Å². The number of nitrogens with one attached hydrogen (secondary N) is 1. The molecule has 0 aliphatic carbocycles. The maximum Gasteiger partial charge on any atom is -0.00144 e. The van der Waals surface area contributed by atoms with Gasteiger partial charge in [-0.3, -0.25) is 0 Å². The van der Waals surface area contributed by atoms with Crippen LogP contribution in [0.5, 0.6) is 0 Å². The van der Waals surface area contributed by atoms with Crippen LogP contribution >= 0.6 is 0 Å². The summed E-state index contributed by atoms with van der Waals surface area (Å²) in [5, 5.41) is 3.43. The van der Waals surface area contributed by atoms with Gasteiger partial charge in [0.15, 0.2) is 0 Å². The lowest BCUT2D eigenvalue weighted by atomic mass is 9.84. The number of hydrogen-bond acceptors (Lipinski definition) is 1. The van der Waals surface area contributed by atoms with Gasteiger partial charge in [0.1, 0.15) is 0 Å². The van der Waals surface area contributed by atoms with E-state index in [0.29, 0.717) is 5.41 Å². The van der Waals surface area contributed by atoms with Gasteiger partial charge < -0.3 is 5.32 Å². The predicted molar refractivity (Wildman–Crippen MR) is 65.5 cm³/mol. The van der Waals surface area contributed by atoms with E-state index >= 15 is 0 Å². The minimum atomic E-state index is 0.473. The van der Waals surface area contributed by atoms with E-state index in [-0.39, 0.29) is 0 Å². The van der Waals surface area contributed by atoms with Crippen molar-refractivity contribution in [2.24, 2.45) is 11.3 Å². The van der Waals surface area contributed by atoms with Crippen LogP contribution in [0.2, 0.25) is 0 Å². The van der Waals surface area contributed by atoms with Crippen molar-refractivity contribution in [3.05, 3.63) is 12.7 Å². The molecule has 0 aromatic carbocycles. The average Bonchev–Trinajstić information content (AvgIpc) is 2.00. The molecule has 1 N–H and O–H groups in total. The van der Waals surface area contributed by atoms with Crippen LogP contribution in [-0.2, 0) is 0 Å². The molecular weight excluding hydrogens is 170 g/mol. The lowest BCUT2D eigenvalue weighted by Gasteiger charge is -2.23. The van der Waals surface area contributed by atoms with E-state index < -0.39 is 0 Å². The van der Waals surface area contributed by atoms with E-state index in [0.717, 1.165) is 25.4 Å². The molecule has 1 heteroatoms. The molecule has 0 saturated heterocycles. The van der Waals surface area contributed by atoms with Crippen molar-refractivity contribution in [2.45, 2.75) is 47.0 Å². The van der Waals surface area contributed by atoms with Gasteiger partial charge in [0.2, 0.25) is 0 Å². The summed E-state index contributed by atoms with van der Waals surface area (Å²) in [6, 6.07) is 0. The van der Waals surface area contributed by atoms with Gasteiger partial charge in [-0.2, -0.15) is 0 Å². The average molecular weight is 197 g/mol. The van der Waals surface area contributed by atoms with Crippen LogP contribution in [0.4, 0.5) is 0 Å². The second-order valence-corrected chi connectivity index (χ2v) is 5.49. The topological polar surface area (TPSA) is 12.0 Å². The quantitative estimate of drug-likeness (QED) is 0.485. The predicted octanol–water partition coefficient (Wildman–Crippen LogP) is 3.61. The lowest BCUT2D eigenvalue weighted by Crippen LogP contribution is -2.20. The molecule has 0 rings (SSSR count). The first-order valence-electron chi connectivity index (χ1n) is 5.77. The summed E-state index contributed by atoms with van der Waals surface area (Å²) in [5.41, 5.74) is 0.473. The molecule has 0 aliphatic heterocycles. The second-order valence-electron chi connectivity index (χ2n) is 5.49. The Labute approximate surface area is 90.0 Å². The van der Waals surface area contributed by atoms with Crippen molar-refractivity contribution in [3.63, 3.8) is 0 Å². The molecule has 0 amide bonds. The highest BCUT2D eigenvalue weighted by molar-refractivity contribution is 4.69. The van der Waals surface area contributed by atoms with Crippen LogP contribution < -0.4 is 5.32 Å². The van der Waals surface area contributed by atoms with Crippen LogP contribution in [0.1, 0.15) is 47.0 Å².